The molecule has 0 aromatic heterocycles. The lowest BCUT2D eigenvalue weighted by molar-refractivity contribution is 0.304. The summed E-state index contributed by atoms with van der Waals surface area (Å²) in [6.07, 6.45) is 5.56. The number of likely N-dealkylation sites (N-methyl/N-ethyl adjacent to an activating group) is 4. The SMILES string of the molecule is CN1CCC2c3cccc(C45CCN(C)C4Nc4c5cccc4C45CCN(C)C4Nc4c(C67CCN(C)C6Nc6ccccc67)cccc45)c3NC21. The molecular weight excluding hydrogens is 641 g/mol. The molecule has 0 radical (unpaired) electrons. The van der Waals surface area contributed by atoms with E-state index in [-0.39, 0.29) is 34.7 Å². The number of rotatable bonds is 3. The van der Waals surface area contributed by atoms with Gasteiger partial charge in [-0.15, -0.1) is 0 Å². The van der Waals surface area contributed by atoms with Crippen LogP contribution in [0.2, 0.25) is 0 Å². The molecule has 4 aromatic rings. The molecule has 8 nitrogen and oxygen atoms in total. The molecule has 8 unspecified atom stereocenters. The van der Waals surface area contributed by atoms with Crippen molar-refractivity contribution in [3.63, 3.8) is 0 Å². The molecule has 4 aromatic carbocycles. The van der Waals surface area contributed by atoms with Crippen LogP contribution in [0.4, 0.5) is 22.7 Å². The molecule has 4 fully saturated rings. The normalized spacial score (nSPS) is 36.6. The van der Waals surface area contributed by atoms with E-state index in [2.05, 4.69) is 148 Å². The highest BCUT2D eigenvalue weighted by molar-refractivity contribution is 5.82. The van der Waals surface area contributed by atoms with Gasteiger partial charge in [-0.25, -0.2) is 0 Å². The van der Waals surface area contributed by atoms with E-state index in [1.807, 2.05) is 0 Å². The van der Waals surface area contributed by atoms with Crippen molar-refractivity contribution in [2.75, 3.05) is 75.6 Å². The minimum Gasteiger partial charge on any atom is -0.369 e. The lowest BCUT2D eigenvalue weighted by atomic mass is 9.67. The topological polar surface area (TPSA) is 61.1 Å². The lowest BCUT2D eigenvalue weighted by Crippen LogP contribution is -2.44. The smallest absolute Gasteiger partial charge is 0.0933 e. The molecule has 8 aliphatic rings. The Morgan fingerprint density at radius 3 is 1.50 bits per heavy atom. The van der Waals surface area contributed by atoms with E-state index in [0.29, 0.717) is 12.1 Å². The quantitative estimate of drug-likeness (QED) is 0.210. The maximum absolute atomic E-state index is 4.28. The fraction of sp³-hybridized carbons (Fsp3) is 0.455. The zero-order chi connectivity index (χ0) is 34.7. The number of para-hydroxylation sites is 4. The summed E-state index contributed by atoms with van der Waals surface area (Å²) in [6, 6.07) is 30.9. The van der Waals surface area contributed by atoms with Crippen molar-refractivity contribution in [2.24, 2.45) is 0 Å². The Bertz CT molecular complexity index is 2180. The van der Waals surface area contributed by atoms with Crippen molar-refractivity contribution in [2.45, 2.75) is 72.5 Å². The molecule has 0 bridgehead atoms. The molecule has 0 amide bonds. The number of fused-ring (bicyclic) bond motifs is 12. The highest BCUT2D eigenvalue weighted by atomic mass is 15.3. The summed E-state index contributed by atoms with van der Waals surface area (Å²) in [7, 11) is 9.23. The third-order valence-electron chi connectivity index (χ3n) is 15.5. The summed E-state index contributed by atoms with van der Waals surface area (Å²) < 4.78 is 0. The van der Waals surface area contributed by atoms with Gasteiger partial charge in [0, 0.05) is 54.8 Å². The van der Waals surface area contributed by atoms with Crippen molar-refractivity contribution in [1.29, 1.82) is 0 Å². The molecule has 8 heteroatoms. The van der Waals surface area contributed by atoms with Crippen LogP contribution in [0.15, 0.2) is 78.9 Å². The van der Waals surface area contributed by atoms with Crippen LogP contribution in [-0.4, -0.2) is 98.6 Å². The van der Waals surface area contributed by atoms with Crippen molar-refractivity contribution < 1.29 is 0 Å². The van der Waals surface area contributed by atoms with E-state index >= 15 is 0 Å². The predicted octanol–water partition coefficient (Wildman–Crippen LogP) is 5.98. The molecule has 8 atom stereocenters. The van der Waals surface area contributed by atoms with Crippen LogP contribution in [0.5, 0.6) is 0 Å². The van der Waals surface area contributed by atoms with E-state index in [9.17, 15) is 0 Å². The van der Waals surface area contributed by atoms with E-state index in [1.165, 1.54) is 68.1 Å². The van der Waals surface area contributed by atoms with Gasteiger partial charge in [-0.05, 0) is 98.9 Å². The van der Waals surface area contributed by atoms with Crippen molar-refractivity contribution in [1.82, 2.24) is 19.6 Å². The maximum atomic E-state index is 4.28. The second-order valence-corrected chi connectivity index (χ2v) is 17.5. The van der Waals surface area contributed by atoms with Crippen molar-refractivity contribution in [3.8, 4) is 0 Å². The molecule has 8 heterocycles. The van der Waals surface area contributed by atoms with Gasteiger partial charge in [0.05, 0.1) is 40.9 Å². The molecule has 0 spiro atoms. The summed E-state index contributed by atoms with van der Waals surface area (Å²) in [4.78, 5) is 10.2. The Hall–Kier alpha value is -4.08. The number of hydrogen-bond donors (Lipinski definition) is 4. The van der Waals surface area contributed by atoms with Gasteiger partial charge in [0.2, 0.25) is 0 Å². The number of likely N-dealkylation sites (tertiary alicyclic amines) is 4. The minimum absolute atomic E-state index is 0.101. The second kappa shape index (κ2) is 10.1. The van der Waals surface area contributed by atoms with E-state index in [0.717, 1.165) is 45.4 Å². The molecule has 0 aliphatic carbocycles. The average Bonchev–Trinajstić information content (AvgIpc) is 4.03. The average molecular weight is 691 g/mol. The monoisotopic (exact) mass is 690 g/mol. The minimum atomic E-state index is -0.171. The maximum Gasteiger partial charge on any atom is 0.0933 e. The zero-order valence-electron chi connectivity index (χ0n) is 30.8. The molecule has 0 saturated carbocycles. The van der Waals surface area contributed by atoms with Crippen LogP contribution in [0, 0.1) is 0 Å². The molecule has 4 saturated heterocycles. The van der Waals surface area contributed by atoms with Gasteiger partial charge in [0.15, 0.2) is 0 Å². The van der Waals surface area contributed by atoms with E-state index < -0.39 is 0 Å². The Labute approximate surface area is 307 Å². The van der Waals surface area contributed by atoms with Crippen LogP contribution >= 0.6 is 0 Å². The van der Waals surface area contributed by atoms with Gasteiger partial charge in [-0.3, -0.25) is 19.6 Å². The van der Waals surface area contributed by atoms with E-state index in [4.69, 9.17) is 0 Å². The third kappa shape index (κ3) is 3.37. The van der Waals surface area contributed by atoms with Gasteiger partial charge in [-0.2, -0.15) is 0 Å². The lowest BCUT2D eigenvalue weighted by Gasteiger charge is -2.35. The zero-order valence-corrected chi connectivity index (χ0v) is 30.8. The number of anilines is 4. The highest BCUT2D eigenvalue weighted by Gasteiger charge is 2.62. The van der Waals surface area contributed by atoms with Crippen LogP contribution < -0.4 is 21.3 Å². The van der Waals surface area contributed by atoms with Gasteiger partial charge in [0.1, 0.15) is 0 Å². The van der Waals surface area contributed by atoms with E-state index in [1.54, 1.807) is 0 Å². The van der Waals surface area contributed by atoms with Gasteiger partial charge in [0.25, 0.3) is 0 Å². The highest BCUT2D eigenvalue weighted by Crippen LogP contribution is 2.63. The molecule has 8 aliphatic heterocycles. The largest absolute Gasteiger partial charge is 0.369 e. The standard InChI is InChI=1S/C44H50N8/c1-49-22-18-27-26-10-7-12-29(35(26)46-38(27)49)43-20-24-51(3)40(43)48-37-31(43)14-9-16-33(37)44-21-25-52(4)41(44)47-36-30(13-8-15-32(36)44)42-19-23-50(2)39(42)45-34-17-6-5-11-28(34)42/h5-17,27,38-41,45-48H,18-25H2,1-4H3. The molecule has 12 rings (SSSR count). The second-order valence-electron chi connectivity index (χ2n) is 17.5. The first-order valence-electron chi connectivity index (χ1n) is 19.8. The number of hydrogen-bond acceptors (Lipinski definition) is 8. The Morgan fingerprint density at radius 1 is 0.462 bits per heavy atom. The summed E-state index contributed by atoms with van der Waals surface area (Å²) in [5, 5.41) is 16.6. The first kappa shape index (κ1) is 30.4. The summed E-state index contributed by atoms with van der Waals surface area (Å²) in [5.41, 5.74) is 15.3. The van der Waals surface area contributed by atoms with Crippen LogP contribution in [0.1, 0.15) is 70.5 Å². The fourth-order valence-corrected chi connectivity index (χ4v) is 13.2. The van der Waals surface area contributed by atoms with Crippen molar-refractivity contribution in [3.05, 3.63) is 118 Å². The fourth-order valence-electron chi connectivity index (χ4n) is 13.2. The first-order valence-corrected chi connectivity index (χ1v) is 19.8. The van der Waals surface area contributed by atoms with Crippen LogP contribution in [-0.2, 0) is 16.2 Å². The summed E-state index contributed by atoms with van der Waals surface area (Å²) >= 11 is 0. The molecule has 266 valence electrons. The summed E-state index contributed by atoms with van der Waals surface area (Å²) in [6.45, 7) is 4.38. The number of nitrogens with zero attached hydrogens (tertiary/aromatic N) is 4. The first-order chi connectivity index (χ1) is 25.4. The van der Waals surface area contributed by atoms with Crippen LogP contribution in [0.25, 0.3) is 0 Å². The number of nitrogens with one attached hydrogen (secondary N) is 4. The Balaban J connectivity index is 1.05. The number of benzene rings is 4. The third-order valence-corrected chi connectivity index (χ3v) is 15.5. The molecular formula is C44H50N8. The molecule has 52 heavy (non-hydrogen) atoms. The Kier molecular flexibility index (Phi) is 5.91. The van der Waals surface area contributed by atoms with Crippen molar-refractivity contribution >= 4 is 22.7 Å². The summed E-state index contributed by atoms with van der Waals surface area (Å²) in [5.74, 6) is 0.568. The van der Waals surface area contributed by atoms with Gasteiger partial charge in [-0.1, -0.05) is 72.8 Å². The molecule has 4 N–H and O–H groups in total. The van der Waals surface area contributed by atoms with Crippen LogP contribution in [0.3, 0.4) is 0 Å². The predicted molar refractivity (Wildman–Crippen MR) is 209 cm³/mol. The van der Waals surface area contributed by atoms with Gasteiger partial charge < -0.3 is 21.3 Å². The Morgan fingerprint density at radius 2 is 0.923 bits per heavy atom. The van der Waals surface area contributed by atoms with Gasteiger partial charge >= 0.3 is 0 Å².